The van der Waals surface area contributed by atoms with Crippen LogP contribution < -0.4 is 11.1 Å². The highest BCUT2D eigenvalue weighted by Crippen LogP contribution is 2.33. The molecule has 0 bridgehead atoms. The van der Waals surface area contributed by atoms with E-state index in [0.29, 0.717) is 25.3 Å². The Bertz CT molecular complexity index is 733. The Morgan fingerprint density at radius 2 is 1.93 bits per heavy atom. The van der Waals surface area contributed by atoms with Crippen molar-refractivity contribution in [2.45, 2.75) is 38.7 Å². The van der Waals surface area contributed by atoms with Gasteiger partial charge in [-0.3, -0.25) is 4.79 Å². The molecule has 2 unspecified atom stereocenters. The Labute approximate surface area is 167 Å². The van der Waals surface area contributed by atoms with Crippen LogP contribution in [0.15, 0.2) is 48.5 Å². The lowest BCUT2D eigenvalue weighted by Crippen LogP contribution is -2.35. The van der Waals surface area contributed by atoms with Gasteiger partial charge in [-0.05, 0) is 43.4 Å². The van der Waals surface area contributed by atoms with Gasteiger partial charge in [0.1, 0.15) is 0 Å². The molecule has 1 heterocycles. The first-order chi connectivity index (χ1) is 12.6. The Morgan fingerprint density at radius 3 is 2.67 bits per heavy atom. The van der Waals surface area contributed by atoms with E-state index in [9.17, 15) is 4.79 Å². The van der Waals surface area contributed by atoms with Crippen molar-refractivity contribution in [2.24, 2.45) is 5.92 Å². The van der Waals surface area contributed by atoms with Gasteiger partial charge < -0.3 is 15.8 Å². The van der Waals surface area contributed by atoms with E-state index in [1.54, 1.807) is 0 Å². The van der Waals surface area contributed by atoms with Gasteiger partial charge in [-0.15, -0.1) is 12.4 Å². The number of para-hydroxylation sites is 1. The maximum absolute atomic E-state index is 12.3. The number of ether oxygens (including phenoxy) is 1. The highest BCUT2D eigenvalue weighted by Gasteiger charge is 2.27. The molecule has 5 heteroatoms. The SMILES string of the molecule is Cc1ccc(C2OCCCC2CNC(=O)CCc2ccccc2N)cc1.Cl. The van der Waals surface area contributed by atoms with Crippen LogP contribution in [-0.2, 0) is 16.0 Å². The first-order valence-electron chi connectivity index (χ1n) is 9.42. The number of hydrogen-bond acceptors (Lipinski definition) is 3. The summed E-state index contributed by atoms with van der Waals surface area (Å²) in [6.07, 6.45) is 3.31. The summed E-state index contributed by atoms with van der Waals surface area (Å²) in [4.78, 5) is 12.3. The number of carbonyl (C=O) groups is 1. The molecule has 3 rings (SSSR count). The fraction of sp³-hybridized carbons (Fsp3) is 0.409. The number of rotatable bonds is 6. The van der Waals surface area contributed by atoms with E-state index in [1.807, 2.05) is 24.3 Å². The van der Waals surface area contributed by atoms with Crippen LogP contribution in [-0.4, -0.2) is 19.1 Å². The number of amides is 1. The average Bonchev–Trinajstić information content (AvgIpc) is 2.67. The molecule has 0 saturated carbocycles. The summed E-state index contributed by atoms with van der Waals surface area (Å²) in [5, 5.41) is 3.09. The zero-order valence-electron chi connectivity index (χ0n) is 15.8. The van der Waals surface area contributed by atoms with E-state index in [1.165, 1.54) is 11.1 Å². The molecule has 0 radical (unpaired) electrons. The Morgan fingerprint density at radius 1 is 1.19 bits per heavy atom. The van der Waals surface area contributed by atoms with E-state index >= 15 is 0 Å². The number of nitrogen functional groups attached to an aromatic ring is 1. The summed E-state index contributed by atoms with van der Waals surface area (Å²) in [6.45, 7) is 3.53. The molecular weight excluding hydrogens is 360 g/mol. The highest BCUT2D eigenvalue weighted by atomic mass is 35.5. The van der Waals surface area contributed by atoms with Crippen LogP contribution in [0, 0.1) is 12.8 Å². The van der Waals surface area contributed by atoms with Crippen molar-refractivity contribution in [2.75, 3.05) is 18.9 Å². The van der Waals surface area contributed by atoms with Gasteiger partial charge in [0.2, 0.25) is 5.91 Å². The average molecular weight is 389 g/mol. The summed E-state index contributed by atoms with van der Waals surface area (Å²) in [7, 11) is 0. The summed E-state index contributed by atoms with van der Waals surface area (Å²) in [5.41, 5.74) is 10.2. The van der Waals surface area contributed by atoms with Crippen molar-refractivity contribution in [3.63, 3.8) is 0 Å². The number of benzene rings is 2. The number of carbonyl (C=O) groups excluding carboxylic acids is 1. The van der Waals surface area contributed by atoms with E-state index in [0.717, 1.165) is 30.7 Å². The lowest BCUT2D eigenvalue weighted by Gasteiger charge is -2.32. The fourth-order valence-electron chi connectivity index (χ4n) is 3.52. The van der Waals surface area contributed by atoms with Gasteiger partial charge >= 0.3 is 0 Å². The second-order valence-electron chi connectivity index (χ2n) is 7.11. The van der Waals surface area contributed by atoms with Crippen LogP contribution in [0.4, 0.5) is 5.69 Å². The molecule has 1 fully saturated rings. The number of nitrogens with two attached hydrogens (primary N) is 1. The van der Waals surface area contributed by atoms with Gasteiger partial charge in [-0.1, -0.05) is 48.0 Å². The van der Waals surface area contributed by atoms with E-state index in [2.05, 4.69) is 36.5 Å². The van der Waals surface area contributed by atoms with E-state index in [-0.39, 0.29) is 24.4 Å². The number of hydrogen-bond donors (Lipinski definition) is 2. The predicted octanol–water partition coefficient (Wildman–Crippen LogP) is 4.22. The molecule has 27 heavy (non-hydrogen) atoms. The number of anilines is 1. The van der Waals surface area contributed by atoms with Crippen LogP contribution >= 0.6 is 12.4 Å². The molecule has 3 N–H and O–H groups in total. The number of nitrogens with one attached hydrogen (secondary N) is 1. The molecule has 1 amide bonds. The second kappa shape index (κ2) is 10.3. The third kappa shape index (κ3) is 5.98. The van der Waals surface area contributed by atoms with Crippen molar-refractivity contribution in [3.05, 3.63) is 65.2 Å². The van der Waals surface area contributed by atoms with Crippen molar-refractivity contribution >= 4 is 24.0 Å². The zero-order chi connectivity index (χ0) is 18.4. The van der Waals surface area contributed by atoms with Gasteiger partial charge in [0, 0.05) is 31.2 Å². The number of aryl methyl sites for hydroxylation is 2. The van der Waals surface area contributed by atoms with Crippen molar-refractivity contribution < 1.29 is 9.53 Å². The summed E-state index contributed by atoms with van der Waals surface area (Å²) < 4.78 is 6.03. The molecule has 4 nitrogen and oxygen atoms in total. The topological polar surface area (TPSA) is 64.3 Å². The minimum absolute atomic E-state index is 0. The highest BCUT2D eigenvalue weighted by molar-refractivity contribution is 5.85. The third-order valence-corrected chi connectivity index (χ3v) is 5.09. The maximum atomic E-state index is 12.3. The van der Waals surface area contributed by atoms with Gasteiger partial charge in [0.25, 0.3) is 0 Å². The molecule has 1 aliphatic rings. The second-order valence-corrected chi connectivity index (χ2v) is 7.11. The third-order valence-electron chi connectivity index (χ3n) is 5.09. The molecule has 2 aromatic rings. The Balaban J connectivity index is 0.00000261. The molecule has 0 aromatic heterocycles. The number of halogens is 1. The Kier molecular flexibility index (Phi) is 8.14. The maximum Gasteiger partial charge on any atom is 0.220 e. The molecule has 2 aromatic carbocycles. The molecule has 2 atom stereocenters. The quantitative estimate of drug-likeness (QED) is 0.728. The van der Waals surface area contributed by atoms with Crippen LogP contribution in [0.1, 0.15) is 42.1 Å². The van der Waals surface area contributed by atoms with Crippen LogP contribution in [0.3, 0.4) is 0 Å². The monoisotopic (exact) mass is 388 g/mol. The fourth-order valence-corrected chi connectivity index (χ4v) is 3.52. The lowest BCUT2D eigenvalue weighted by atomic mass is 9.89. The van der Waals surface area contributed by atoms with Crippen molar-refractivity contribution in [3.8, 4) is 0 Å². The zero-order valence-corrected chi connectivity index (χ0v) is 16.6. The molecule has 0 aliphatic carbocycles. The standard InChI is InChI=1S/C22H28N2O2.ClH/c1-16-8-10-18(11-9-16)22-19(6-4-14-26-22)15-24-21(25)13-12-17-5-2-3-7-20(17)23;/h2-3,5,7-11,19,22H,4,6,12-15,23H2,1H3,(H,24,25);1H. The molecular formula is C22H29ClN2O2. The van der Waals surface area contributed by atoms with Gasteiger partial charge in [-0.2, -0.15) is 0 Å². The van der Waals surface area contributed by atoms with Crippen molar-refractivity contribution in [1.29, 1.82) is 0 Å². The van der Waals surface area contributed by atoms with Crippen LogP contribution in [0.5, 0.6) is 0 Å². The minimum atomic E-state index is 0. The summed E-state index contributed by atoms with van der Waals surface area (Å²) in [6, 6.07) is 16.2. The minimum Gasteiger partial charge on any atom is -0.399 e. The van der Waals surface area contributed by atoms with Crippen LogP contribution in [0.25, 0.3) is 0 Å². The largest absolute Gasteiger partial charge is 0.399 e. The lowest BCUT2D eigenvalue weighted by molar-refractivity contribution is -0.121. The molecule has 0 spiro atoms. The van der Waals surface area contributed by atoms with Gasteiger partial charge in [-0.25, -0.2) is 0 Å². The first kappa shape index (κ1) is 21.3. The predicted molar refractivity (Wildman–Crippen MR) is 112 cm³/mol. The van der Waals surface area contributed by atoms with E-state index < -0.39 is 0 Å². The molecule has 146 valence electrons. The van der Waals surface area contributed by atoms with Crippen LogP contribution in [0.2, 0.25) is 0 Å². The Hall–Kier alpha value is -2.04. The van der Waals surface area contributed by atoms with E-state index in [4.69, 9.17) is 10.5 Å². The van der Waals surface area contributed by atoms with Gasteiger partial charge in [0.05, 0.1) is 6.10 Å². The normalized spacial score (nSPS) is 19.1. The molecule has 1 saturated heterocycles. The van der Waals surface area contributed by atoms with Crippen molar-refractivity contribution in [1.82, 2.24) is 5.32 Å². The summed E-state index contributed by atoms with van der Waals surface area (Å²) in [5.74, 6) is 0.388. The smallest absolute Gasteiger partial charge is 0.220 e. The van der Waals surface area contributed by atoms with Gasteiger partial charge in [0.15, 0.2) is 0 Å². The molecule has 1 aliphatic heterocycles. The first-order valence-corrected chi connectivity index (χ1v) is 9.42. The summed E-state index contributed by atoms with van der Waals surface area (Å²) >= 11 is 0.